The maximum Gasteiger partial charge on any atom is 0.254 e. The highest BCUT2D eigenvalue weighted by molar-refractivity contribution is 6.31. The molecule has 0 bridgehead atoms. The van der Waals surface area contributed by atoms with E-state index in [1.807, 2.05) is 18.2 Å². The first kappa shape index (κ1) is 13.1. The molecule has 1 amide bonds. The summed E-state index contributed by atoms with van der Waals surface area (Å²) in [5, 5.41) is 3.23. The van der Waals surface area contributed by atoms with E-state index in [1.54, 1.807) is 0 Å². The van der Waals surface area contributed by atoms with E-state index >= 15 is 0 Å². The lowest BCUT2D eigenvalue weighted by Crippen LogP contribution is -2.27. The van der Waals surface area contributed by atoms with E-state index in [1.165, 1.54) is 23.8 Å². The standard InChI is InChI=1S/C16H13ClFNO/c17-11-6-7-14(18)13(9-11)16(20)19-15-8-5-10-3-1-2-4-12(10)15/h1-4,6-7,9,15H,5,8H2,(H,19,20)/t15-/m0/s1. The Morgan fingerprint density at radius 3 is 2.90 bits per heavy atom. The van der Waals surface area contributed by atoms with Crippen LogP contribution < -0.4 is 5.32 Å². The Bertz CT molecular complexity index is 671. The summed E-state index contributed by atoms with van der Waals surface area (Å²) in [6, 6.07) is 11.9. The number of fused-ring (bicyclic) bond motifs is 1. The minimum atomic E-state index is -0.557. The SMILES string of the molecule is O=C(N[C@H]1CCc2ccccc21)c1cc(Cl)ccc1F. The second kappa shape index (κ2) is 5.25. The molecule has 0 spiro atoms. The van der Waals surface area contributed by atoms with Gasteiger partial charge in [0.25, 0.3) is 5.91 Å². The summed E-state index contributed by atoms with van der Waals surface area (Å²) in [5.41, 5.74) is 2.34. The van der Waals surface area contributed by atoms with Gasteiger partial charge in [-0.2, -0.15) is 0 Å². The van der Waals surface area contributed by atoms with E-state index in [-0.39, 0.29) is 11.6 Å². The van der Waals surface area contributed by atoms with Crippen LogP contribution in [0.3, 0.4) is 0 Å². The van der Waals surface area contributed by atoms with E-state index < -0.39 is 11.7 Å². The number of halogens is 2. The highest BCUT2D eigenvalue weighted by Gasteiger charge is 2.24. The Hall–Kier alpha value is -1.87. The predicted octanol–water partition coefficient (Wildman–Crippen LogP) is 3.90. The normalized spacial score (nSPS) is 16.8. The number of benzene rings is 2. The van der Waals surface area contributed by atoms with Gasteiger partial charge < -0.3 is 5.32 Å². The highest BCUT2D eigenvalue weighted by atomic mass is 35.5. The monoisotopic (exact) mass is 289 g/mol. The third-order valence-electron chi connectivity index (χ3n) is 3.61. The van der Waals surface area contributed by atoms with E-state index in [9.17, 15) is 9.18 Å². The zero-order valence-corrected chi connectivity index (χ0v) is 11.5. The van der Waals surface area contributed by atoms with Gasteiger partial charge in [-0.05, 0) is 42.2 Å². The first-order chi connectivity index (χ1) is 9.65. The second-order valence-electron chi connectivity index (χ2n) is 4.89. The predicted molar refractivity (Wildman–Crippen MR) is 76.4 cm³/mol. The maximum atomic E-state index is 13.7. The lowest BCUT2D eigenvalue weighted by molar-refractivity contribution is 0.0932. The zero-order chi connectivity index (χ0) is 14.1. The summed E-state index contributed by atoms with van der Waals surface area (Å²) in [5.74, 6) is -0.982. The van der Waals surface area contributed by atoms with Crippen LogP contribution in [-0.2, 0) is 6.42 Å². The molecule has 0 saturated carbocycles. The first-order valence-electron chi connectivity index (χ1n) is 6.49. The molecule has 1 N–H and O–H groups in total. The largest absolute Gasteiger partial charge is 0.345 e. The summed E-state index contributed by atoms with van der Waals surface area (Å²) in [6.07, 6.45) is 1.77. The summed E-state index contributed by atoms with van der Waals surface area (Å²) < 4.78 is 13.7. The molecule has 1 aliphatic rings. The fourth-order valence-corrected chi connectivity index (χ4v) is 2.79. The molecule has 102 valence electrons. The topological polar surface area (TPSA) is 29.1 Å². The van der Waals surface area contributed by atoms with E-state index in [4.69, 9.17) is 11.6 Å². The number of rotatable bonds is 2. The van der Waals surface area contributed by atoms with Gasteiger partial charge in [-0.1, -0.05) is 35.9 Å². The van der Waals surface area contributed by atoms with Gasteiger partial charge in [0, 0.05) is 5.02 Å². The molecule has 2 nitrogen and oxygen atoms in total. The number of carbonyl (C=O) groups is 1. The second-order valence-corrected chi connectivity index (χ2v) is 5.32. The average Bonchev–Trinajstić information content (AvgIpc) is 2.85. The molecule has 3 rings (SSSR count). The Morgan fingerprint density at radius 2 is 2.05 bits per heavy atom. The van der Waals surface area contributed by atoms with E-state index in [0.717, 1.165) is 18.4 Å². The van der Waals surface area contributed by atoms with Crippen LogP contribution in [0.2, 0.25) is 5.02 Å². The van der Waals surface area contributed by atoms with Crippen LogP contribution in [0.4, 0.5) is 4.39 Å². The molecule has 0 fully saturated rings. The Morgan fingerprint density at radius 1 is 1.25 bits per heavy atom. The molecule has 0 aliphatic heterocycles. The summed E-state index contributed by atoms with van der Waals surface area (Å²) in [6.45, 7) is 0. The fraction of sp³-hybridized carbons (Fsp3) is 0.188. The van der Waals surface area contributed by atoms with Crippen molar-refractivity contribution in [2.75, 3.05) is 0 Å². The lowest BCUT2D eigenvalue weighted by atomic mass is 10.1. The van der Waals surface area contributed by atoms with Gasteiger partial charge in [0.2, 0.25) is 0 Å². The van der Waals surface area contributed by atoms with Crippen molar-refractivity contribution in [2.45, 2.75) is 18.9 Å². The van der Waals surface area contributed by atoms with Gasteiger partial charge in [-0.3, -0.25) is 4.79 Å². The van der Waals surface area contributed by atoms with Crippen LogP contribution in [0.15, 0.2) is 42.5 Å². The molecule has 0 radical (unpaired) electrons. The number of aryl methyl sites for hydroxylation is 1. The van der Waals surface area contributed by atoms with Gasteiger partial charge in [0.05, 0.1) is 11.6 Å². The molecule has 1 aliphatic carbocycles. The molecule has 1 atom stereocenters. The fourth-order valence-electron chi connectivity index (χ4n) is 2.61. The minimum Gasteiger partial charge on any atom is -0.345 e. The number of carbonyl (C=O) groups excluding carboxylic acids is 1. The van der Waals surface area contributed by atoms with E-state index in [2.05, 4.69) is 11.4 Å². The number of nitrogens with one attached hydrogen (secondary N) is 1. The molecular formula is C16H13ClFNO. The van der Waals surface area contributed by atoms with Crippen LogP contribution in [0, 0.1) is 5.82 Å². The Labute approximate surface area is 121 Å². The molecule has 0 unspecified atom stereocenters. The molecule has 0 heterocycles. The molecule has 20 heavy (non-hydrogen) atoms. The van der Waals surface area contributed by atoms with Crippen LogP contribution in [-0.4, -0.2) is 5.91 Å². The number of hydrogen-bond donors (Lipinski definition) is 1. The lowest BCUT2D eigenvalue weighted by Gasteiger charge is -2.14. The maximum absolute atomic E-state index is 13.7. The van der Waals surface area contributed by atoms with E-state index in [0.29, 0.717) is 5.02 Å². The van der Waals surface area contributed by atoms with Crippen molar-refractivity contribution in [1.82, 2.24) is 5.32 Å². The molecule has 2 aromatic carbocycles. The minimum absolute atomic E-state index is 0.0121. The van der Waals surface area contributed by atoms with Crippen LogP contribution in [0.1, 0.15) is 33.9 Å². The Kier molecular flexibility index (Phi) is 3.45. The number of amides is 1. The van der Waals surface area contributed by atoms with Crippen molar-refractivity contribution >= 4 is 17.5 Å². The van der Waals surface area contributed by atoms with Crippen molar-refractivity contribution in [1.29, 1.82) is 0 Å². The third-order valence-corrected chi connectivity index (χ3v) is 3.85. The van der Waals surface area contributed by atoms with Crippen molar-refractivity contribution < 1.29 is 9.18 Å². The average molecular weight is 290 g/mol. The van der Waals surface area contributed by atoms with Crippen molar-refractivity contribution in [2.24, 2.45) is 0 Å². The van der Waals surface area contributed by atoms with Gasteiger partial charge in [0.1, 0.15) is 5.82 Å². The van der Waals surface area contributed by atoms with Crippen LogP contribution in [0.5, 0.6) is 0 Å². The first-order valence-corrected chi connectivity index (χ1v) is 6.86. The third kappa shape index (κ3) is 2.41. The highest BCUT2D eigenvalue weighted by Crippen LogP contribution is 2.31. The van der Waals surface area contributed by atoms with Gasteiger partial charge in [-0.25, -0.2) is 4.39 Å². The smallest absolute Gasteiger partial charge is 0.254 e. The zero-order valence-electron chi connectivity index (χ0n) is 10.7. The van der Waals surface area contributed by atoms with Gasteiger partial charge in [0.15, 0.2) is 0 Å². The molecular weight excluding hydrogens is 277 g/mol. The van der Waals surface area contributed by atoms with Crippen molar-refractivity contribution in [3.8, 4) is 0 Å². The Balaban J connectivity index is 1.82. The van der Waals surface area contributed by atoms with Crippen molar-refractivity contribution in [3.63, 3.8) is 0 Å². The summed E-state index contributed by atoms with van der Waals surface area (Å²) >= 11 is 5.81. The van der Waals surface area contributed by atoms with Crippen molar-refractivity contribution in [3.05, 3.63) is 70.0 Å². The summed E-state index contributed by atoms with van der Waals surface area (Å²) in [7, 11) is 0. The number of hydrogen-bond acceptors (Lipinski definition) is 1. The molecule has 4 heteroatoms. The van der Waals surface area contributed by atoms with Gasteiger partial charge in [-0.15, -0.1) is 0 Å². The molecule has 0 aromatic heterocycles. The van der Waals surface area contributed by atoms with Gasteiger partial charge >= 0.3 is 0 Å². The van der Waals surface area contributed by atoms with Crippen LogP contribution >= 0.6 is 11.6 Å². The summed E-state index contributed by atoms with van der Waals surface area (Å²) in [4.78, 5) is 12.2. The quantitative estimate of drug-likeness (QED) is 0.893. The van der Waals surface area contributed by atoms with Crippen LogP contribution in [0.25, 0.3) is 0 Å². The molecule has 0 saturated heterocycles. The molecule has 2 aromatic rings.